The fourth-order valence-corrected chi connectivity index (χ4v) is 2.33. The number of aliphatic hydroxyl groups excluding tert-OH is 1. The zero-order chi connectivity index (χ0) is 15.3. The fraction of sp³-hybridized carbons (Fsp3) is 0.600. The summed E-state index contributed by atoms with van der Waals surface area (Å²) >= 11 is 9.88. The molecule has 5 nitrogen and oxygen atoms in total. The second-order valence-corrected chi connectivity index (χ2v) is 4.98. The molecule has 8 heteroatoms. The van der Waals surface area contributed by atoms with Crippen molar-refractivity contribution in [3.8, 4) is 0 Å². The summed E-state index contributed by atoms with van der Waals surface area (Å²) in [5, 5.41) is 19.2. The van der Waals surface area contributed by atoms with E-state index in [2.05, 4.69) is 4.98 Å². The molecule has 1 aromatic heterocycles. The number of halogens is 1. The predicted molar refractivity (Wildman–Crippen MR) is 67.0 cm³/mol. The number of hydrogen-bond acceptors (Lipinski definition) is 5. The van der Waals surface area contributed by atoms with E-state index in [9.17, 15) is 14.6 Å². The number of alkyl halides is 1. The molecular weight excluding hydrogens is 279 g/mol. The SMILES string of the molecule is [2H]C([2H])(O)[C@H]1O[C@@H](n2ccc(=S)[nH]c2=S)C(C)(F)[C@H]1O. The van der Waals surface area contributed by atoms with E-state index in [4.69, 9.17) is 31.9 Å². The van der Waals surface area contributed by atoms with E-state index < -0.39 is 30.7 Å². The standard InChI is InChI=1S/C10H13FN2O3S2/c1-10(11)7(15)5(4-14)16-8(10)13-3-2-6(17)12-9(13)18/h2-3,5,7-8,14-15H,4H2,1H3,(H,12,17,18)/t5-,7+,8-,10?/m1/s1/i4D2. The van der Waals surface area contributed by atoms with Gasteiger partial charge in [-0.1, -0.05) is 12.2 Å². The van der Waals surface area contributed by atoms with Gasteiger partial charge in [0.05, 0.1) is 9.30 Å². The van der Waals surface area contributed by atoms with Gasteiger partial charge in [0.25, 0.3) is 0 Å². The van der Waals surface area contributed by atoms with E-state index in [1.807, 2.05) is 0 Å². The summed E-state index contributed by atoms with van der Waals surface area (Å²) in [5.74, 6) is 0. The third-order valence-electron chi connectivity index (χ3n) is 2.85. The summed E-state index contributed by atoms with van der Waals surface area (Å²) in [6, 6.07) is 1.46. The van der Waals surface area contributed by atoms with Gasteiger partial charge < -0.3 is 19.9 Å². The van der Waals surface area contributed by atoms with Gasteiger partial charge in [-0.15, -0.1) is 0 Å². The van der Waals surface area contributed by atoms with Gasteiger partial charge in [-0.2, -0.15) is 0 Å². The Labute approximate surface area is 116 Å². The number of ether oxygens (including phenoxy) is 1. The third kappa shape index (κ3) is 2.14. The molecule has 1 saturated heterocycles. The maximum Gasteiger partial charge on any atom is 0.181 e. The fourth-order valence-electron chi connectivity index (χ4n) is 1.84. The van der Waals surface area contributed by atoms with E-state index >= 15 is 0 Å². The first-order chi connectivity index (χ1) is 9.05. The van der Waals surface area contributed by atoms with Crippen molar-refractivity contribution in [1.29, 1.82) is 0 Å². The van der Waals surface area contributed by atoms with Crippen molar-refractivity contribution in [3.05, 3.63) is 21.7 Å². The number of nitrogens with zero attached hydrogens (tertiary/aromatic N) is 1. The van der Waals surface area contributed by atoms with Crippen molar-refractivity contribution in [2.24, 2.45) is 0 Å². The molecule has 4 atom stereocenters. The highest BCUT2D eigenvalue weighted by molar-refractivity contribution is 7.72. The van der Waals surface area contributed by atoms with Crippen molar-refractivity contribution in [2.75, 3.05) is 6.56 Å². The average Bonchev–Trinajstić information content (AvgIpc) is 2.51. The Bertz CT molecular complexity index is 628. The van der Waals surface area contributed by atoms with Gasteiger partial charge in [0.15, 0.2) is 16.7 Å². The van der Waals surface area contributed by atoms with Crippen LogP contribution >= 0.6 is 24.4 Å². The van der Waals surface area contributed by atoms with Crippen LogP contribution in [0.1, 0.15) is 15.9 Å². The van der Waals surface area contributed by atoms with E-state index in [1.54, 1.807) is 0 Å². The maximum absolute atomic E-state index is 14.7. The van der Waals surface area contributed by atoms with Gasteiger partial charge in [0.2, 0.25) is 0 Å². The van der Waals surface area contributed by atoms with Gasteiger partial charge in [-0.3, -0.25) is 4.57 Å². The molecule has 100 valence electrons. The van der Waals surface area contributed by atoms with Crippen LogP contribution in [0.2, 0.25) is 0 Å². The van der Waals surface area contributed by atoms with E-state index in [0.29, 0.717) is 4.64 Å². The molecule has 0 spiro atoms. The van der Waals surface area contributed by atoms with E-state index in [1.165, 1.54) is 16.8 Å². The van der Waals surface area contributed by atoms with Crippen molar-refractivity contribution in [1.82, 2.24) is 9.55 Å². The highest BCUT2D eigenvalue weighted by atomic mass is 32.1. The summed E-state index contributed by atoms with van der Waals surface area (Å²) in [5.41, 5.74) is -2.34. The zero-order valence-corrected chi connectivity index (χ0v) is 11.0. The molecule has 1 aliphatic heterocycles. The molecule has 0 aromatic carbocycles. The summed E-state index contributed by atoms with van der Waals surface area (Å²) in [6.07, 6.45) is -3.58. The first-order valence-corrected chi connectivity index (χ1v) is 5.93. The number of hydrogen-bond donors (Lipinski definition) is 3. The van der Waals surface area contributed by atoms with E-state index in [0.717, 1.165) is 6.92 Å². The van der Waals surface area contributed by atoms with Gasteiger partial charge in [0.1, 0.15) is 16.8 Å². The van der Waals surface area contributed by atoms with Gasteiger partial charge in [0, 0.05) is 6.20 Å². The Morgan fingerprint density at radius 3 is 2.89 bits per heavy atom. The lowest BCUT2D eigenvalue weighted by Gasteiger charge is -2.25. The van der Waals surface area contributed by atoms with Gasteiger partial charge in [-0.05, 0) is 25.2 Å². The Morgan fingerprint density at radius 1 is 1.72 bits per heavy atom. The van der Waals surface area contributed by atoms with Crippen LogP contribution in [-0.2, 0) is 4.74 Å². The second kappa shape index (κ2) is 4.78. The first kappa shape index (κ1) is 11.2. The molecule has 2 rings (SSSR count). The molecule has 0 aliphatic carbocycles. The molecule has 0 saturated carbocycles. The lowest BCUT2D eigenvalue weighted by molar-refractivity contribution is -0.0601. The number of aromatic nitrogens is 2. The van der Waals surface area contributed by atoms with Crippen LogP contribution in [0.3, 0.4) is 0 Å². The minimum absolute atomic E-state index is 0.0673. The van der Waals surface area contributed by atoms with Crippen LogP contribution in [0.25, 0.3) is 0 Å². The first-order valence-electron chi connectivity index (χ1n) is 6.11. The monoisotopic (exact) mass is 294 g/mol. The number of rotatable bonds is 2. The Balaban J connectivity index is 2.47. The molecule has 1 fully saturated rings. The third-order valence-corrected chi connectivity index (χ3v) is 3.41. The topological polar surface area (TPSA) is 70.4 Å². The molecule has 2 heterocycles. The number of H-pyrrole nitrogens is 1. The maximum atomic E-state index is 14.7. The molecular formula is C10H13FN2O3S2. The molecule has 1 aromatic rings. The molecule has 0 amide bonds. The van der Waals surface area contributed by atoms with Crippen molar-refractivity contribution in [3.63, 3.8) is 0 Å². The summed E-state index contributed by atoms with van der Waals surface area (Å²) < 4.78 is 35.8. The van der Waals surface area contributed by atoms with Crippen molar-refractivity contribution >= 4 is 24.4 Å². The Morgan fingerprint density at radius 2 is 2.39 bits per heavy atom. The highest BCUT2D eigenvalue weighted by Gasteiger charge is 2.54. The van der Waals surface area contributed by atoms with Crippen LogP contribution in [0.4, 0.5) is 4.39 Å². The smallest absolute Gasteiger partial charge is 0.181 e. The van der Waals surface area contributed by atoms with Crippen LogP contribution in [-0.4, -0.2) is 44.2 Å². The lowest BCUT2D eigenvalue weighted by atomic mass is 9.99. The minimum Gasteiger partial charge on any atom is -0.394 e. The average molecular weight is 294 g/mol. The minimum atomic E-state index is -2.88. The van der Waals surface area contributed by atoms with Crippen LogP contribution in [0, 0.1) is 9.41 Å². The normalized spacial score (nSPS) is 38.3. The molecule has 18 heavy (non-hydrogen) atoms. The quantitative estimate of drug-likeness (QED) is 0.716. The lowest BCUT2D eigenvalue weighted by Crippen LogP contribution is -2.40. The molecule has 1 aliphatic rings. The second-order valence-electron chi connectivity index (χ2n) is 4.15. The number of nitrogens with one attached hydrogen (secondary N) is 1. The highest BCUT2D eigenvalue weighted by Crippen LogP contribution is 2.41. The molecule has 1 unspecified atom stereocenters. The number of aliphatic hydroxyl groups is 2. The predicted octanol–water partition coefficient (Wildman–Crippen LogP) is 1.25. The summed E-state index contributed by atoms with van der Waals surface area (Å²) in [7, 11) is 0. The van der Waals surface area contributed by atoms with Crippen LogP contribution < -0.4 is 0 Å². The van der Waals surface area contributed by atoms with Crippen molar-refractivity contribution in [2.45, 2.75) is 31.0 Å². The Kier molecular flexibility index (Phi) is 2.97. The molecule has 3 N–H and O–H groups in total. The summed E-state index contributed by atoms with van der Waals surface area (Å²) in [4.78, 5) is 2.63. The molecule has 0 bridgehead atoms. The largest absolute Gasteiger partial charge is 0.394 e. The Hall–Kier alpha value is -0.670. The van der Waals surface area contributed by atoms with Crippen LogP contribution in [0.5, 0.6) is 0 Å². The van der Waals surface area contributed by atoms with E-state index in [-0.39, 0.29) is 4.77 Å². The van der Waals surface area contributed by atoms with Crippen molar-refractivity contribution < 1.29 is 22.1 Å². The van der Waals surface area contributed by atoms with Gasteiger partial charge >= 0.3 is 0 Å². The van der Waals surface area contributed by atoms with Crippen LogP contribution in [0.15, 0.2) is 12.3 Å². The zero-order valence-electron chi connectivity index (χ0n) is 11.3. The summed E-state index contributed by atoms with van der Waals surface area (Å²) in [6.45, 7) is -1.83. The van der Waals surface area contributed by atoms with Gasteiger partial charge in [-0.25, -0.2) is 4.39 Å². The number of aromatic amines is 1. The molecule has 0 radical (unpaired) electrons.